The Balaban J connectivity index is 0.00000144. The minimum atomic E-state index is -0.440. The van der Waals surface area contributed by atoms with Gasteiger partial charge in [0.05, 0.1) is 11.1 Å². The number of pyridine rings is 1. The second-order valence-electron chi connectivity index (χ2n) is 5.73. The second-order valence-corrected chi connectivity index (χ2v) is 5.73. The summed E-state index contributed by atoms with van der Waals surface area (Å²) in [6.07, 6.45) is 5.73. The van der Waals surface area contributed by atoms with Crippen molar-refractivity contribution >= 4 is 23.4 Å². The number of aromatic nitrogens is 5. The largest absolute Gasteiger partial charge is 0.334 e. The number of nitrogens with zero attached hydrogens (tertiary/aromatic N) is 4. The van der Waals surface area contributed by atoms with E-state index in [1.807, 2.05) is 13.0 Å². The first kappa shape index (κ1) is 14.9. The van der Waals surface area contributed by atoms with Gasteiger partial charge in [0.2, 0.25) is 0 Å². The molecule has 3 N–H and O–H groups in total. The number of halogens is 1. The van der Waals surface area contributed by atoms with Crippen LogP contribution in [0.15, 0.2) is 16.8 Å². The van der Waals surface area contributed by atoms with Crippen molar-refractivity contribution in [2.24, 2.45) is 5.73 Å². The van der Waals surface area contributed by atoms with Crippen LogP contribution in [0.3, 0.4) is 0 Å². The van der Waals surface area contributed by atoms with Crippen LogP contribution < -0.4 is 5.73 Å². The molecule has 0 aliphatic heterocycles. The molecule has 7 nitrogen and oxygen atoms in total. The zero-order chi connectivity index (χ0) is 14.4. The summed E-state index contributed by atoms with van der Waals surface area (Å²) < 4.78 is 5.38. The van der Waals surface area contributed by atoms with Crippen LogP contribution >= 0.6 is 12.4 Å². The number of H-pyrrole nitrogens is 1. The third-order valence-corrected chi connectivity index (χ3v) is 4.21. The van der Waals surface area contributed by atoms with E-state index in [-0.39, 0.29) is 12.4 Å². The lowest BCUT2D eigenvalue weighted by Crippen LogP contribution is -2.34. The van der Waals surface area contributed by atoms with Crippen LogP contribution in [-0.2, 0) is 5.54 Å². The zero-order valence-corrected chi connectivity index (χ0v) is 13.0. The summed E-state index contributed by atoms with van der Waals surface area (Å²) >= 11 is 0. The van der Waals surface area contributed by atoms with Crippen molar-refractivity contribution in [3.8, 4) is 11.5 Å². The summed E-state index contributed by atoms with van der Waals surface area (Å²) in [7, 11) is 0. The summed E-state index contributed by atoms with van der Waals surface area (Å²) in [5.41, 5.74) is 8.34. The smallest absolute Gasteiger partial charge is 0.259 e. The molecule has 0 atom stereocenters. The molecule has 22 heavy (non-hydrogen) atoms. The van der Waals surface area contributed by atoms with Crippen molar-refractivity contribution in [2.75, 3.05) is 0 Å². The van der Waals surface area contributed by atoms with Crippen molar-refractivity contribution in [3.05, 3.63) is 23.8 Å². The third-order valence-electron chi connectivity index (χ3n) is 4.21. The van der Waals surface area contributed by atoms with Crippen molar-refractivity contribution in [1.82, 2.24) is 25.3 Å². The fraction of sp³-hybridized carbons (Fsp3) is 0.429. The topological polar surface area (TPSA) is 107 Å². The number of fused-ring (bicyclic) bond motifs is 1. The molecule has 0 saturated heterocycles. The van der Waals surface area contributed by atoms with E-state index < -0.39 is 5.54 Å². The Morgan fingerprint density at radius 3 is 2.86 bits per heavy atom. The van der Waals surface area contributed by atoms with Crippen LogP contribution in [0.4, 0.5) is 0 Å². The quantitative estimate of drug-likeness (QED) is 0.751. The van der Waals surface area contributed by atoms with E-state index in [1.165, 1.54) is 0 Å². The van der Waals surface area contributed by atoms with Crippen LogP contribution in [0.5, 0.6) is 0 Å². The summed E-state index contributed by atoms with van der Waals surface area (Å²) in [4.78, 5) is 8.78. The molecule has 0 aromatic carbocycles. The molecule has 8 heteroatoms. The monoisotopic (exact) mass is 320 g/mol. The molecular formula is C14H17ClN6O. The van der Waals surface area contributed by atoms with Crippen LogP contribution in [0.2, 0.25) is 0 Å². The number of hydrogen-bond acceptors (Lipinski definition) is 6. The lowest BCUT2D eigenvalue weighted by atomic mass is 9.99. The Labute approximate surface area is 133 Å². The first-order valence-corrected chi connectivity index (χ1v) is 7.10. The average Bonchev–Trinajstić information content (AvgIpc) is 3.20. The van der Waals surface area contributed by atoms with Crippen LogP contribution in [0, 0.1) is 6.92 Å². The zero-order valence-electron chi connectivity index (χ0n) is 12.2. The summed E-state index contributed by atoms with van der Waals surface area (Å²) in [5.74, 6) is 1.05. The maximum Gasteiger partial charge on any atom is 0.259 e. The fourth-order valence-corrected chi connectivity index (χ4v) is 2.91. The van der Waals surface area contributed by atoms with Gasteiger partial charge in [-0.05, 0) is 25.8 Å². The number of aromatic amines is 1. The van der Waals surface area contributed by atoms with Gasteiger partial charge in [-0.3, -0.25) is 5.10 Å². The molecule has 1 saturated carbocycles. The normalized spacial score (nSPS) is 16.8. The van der Waals surface area contributed by atoms with E-state index in [2.05, 4.69) is 25.3 Å². The number of nitrogens with one attached hydrogen (secondary N) is 1. The van der Waals surface area contributed by atoms with Gasteiger partial charge in [0, 0.05) is 17.3 Å². The van der Waals surface area contributed by atoms with E-state index >= 15 is 0 Å². The highest BCUT2D eigenvalue weighted by atomic mass is 35.5. The molecule has 0 radical (unpaired) electrons. The molecule has 3 aromatic heterocycles. The second kappa shape index (κ2) is 5.33. The van der Waals surface area contributed by atoms with Gasteiger partial charge in [0.25, 0.3) is 5.89 Å². The van der Waals surface area contributed by atoms with Crippen LogP contribution in [-0.4, -0.2) is 25.3 Å². The number of rotatable bonds is 2. The predicted molar refractivity (Wildman–Crippen MR) is 83.5 cm³/mol. The van der Waals surface area contributed by atoms with Crippen molar-refractivity contribution in [3.63, 3.8) is 0 Å². The lowest BCUT2D eigenvalue weighted by Gasteiger charge is -2.17. The van der Waals surface area contributed by atoms with E-state index in [1.54, 1.807) is 6.20 Å². The fourth-order valence-electron chi connectivity index (χ4n) is 2.91. The number of nitrogens with two attached hydrogens (primary N) is 1. The lowest BCUT2D eigenvalue weighted by molar-refractivity contribution is 0.372. The first-order valence-electron chi connectivity index (χ1n) is 7.10. The van der Waals surface area contributed by atoms with Gasteiger partial charge >= 0.3 is 0 Å². The van der Waals surface area contributed by atoms with Gasteiger partial charge in [0.15, 0.2) is 11.5 Å². The standard InChI is InChI=1S/C14H16N6O.ClH/c1-8-10-6-9(7-16-11(10)19-18-8)12-17-13(20-21-12)14(15)4-2-3-5-14;/h6-7H,2-5,15H2,1H3,(H,16,18,19);1H. The summed E-state index contributed by atoms with van der Waals surface area (Å²) in [6, 6.07) is 1.95. The molecular weight excluding hydrogens is 304 g/mol. The van der Waals surface area contributed by atoms with Gasteiger partial charge in [-0.15, -0.1) is 12.4 Å². The van der Waals surface area contributed by atoms with Crippen molar-refractivity contribution in [2.45, 2.75) is 38.1 Å². The molecule has 1 fully saturated rings. The Hall–Kier alpha value is -1.99. The van der Waals surface area contributed by atoms with Gasteiger partial charge in [0.1, 0.15) is 0 Å². The van der Waals surface area contributed by atoms with E-state index in [4.69, 9.17) is 10.3 Å². The molecule has 0 spiro atoms. The number of hydrogen-bond donors (Lipinski definition) is 2. The maximum atomic E-state index is 6.35. The van der Waals surface area contributed by atoms with E-state index in [0.29, 0.717) is 17.4 Å². The Bertz CT molecular complexity index is 805. The highest BCUT2D eigenvalue weighted by Crippen LogP contribution is 2.35. The molecule has 0 amide bonds. The highest BCUT2D eigenvalue weighted by molar-refractivity contribution is 5.85. The highest BCUT2D eigenvalue weighted by Gasteiger charge is 2.36. The first-order chi connectivity index (χ1) is 10.2. The summed E-state index contributed by atoms with van der Waals surface area (Å²) in [6.45, 7) is 1.95. The maximum absolute atomic E-state index is 6.35. The molecule has 1 aliphatic rings. The van der Waals surface area contributed by atoms with Crippen LogP contribution in [0.1, 0.15) is 37.2 Å². The Morgan fingerprint density at radius 1 is 1.32 bits per heavy atom. The molecule has 0 unspecified atom stereocenters. The van der Waals surface area contributed by atoms with Gasteiger partial charge in [-0.1, -0.05) is 18.0 Å². The van der Waals surface area contributed by atoms with Crippen molar-refractivity contribution in [1.29, 1.82) is 0 Å². The SMILES string of the molecule is Cc1[nH]nc2ncc(-c3nc(C4(N)CCCC4)no3)cc12.Cl. The van der Waals surface area contributed by atoms with Crippen molar-refractivity contribution < 1.29 is 4.52 Å². The molecule has 3 aromatic rings. The Morgan fingerprint density at radius 2 is 2.09 bits per heavy atom. The number of aryl methyl sites for hydroxylation is 1. The third kappa shape index (κ3) is 2.26. The molecule has 0 bridgehead atoms. The molecule has 1 aliphatic carbocycles. The minimum absolute atomic E-state index is 0. The average molecular weight is 321 g/mol. The minimum Gasteiger partial charge on any atom is -0.334 e. The van der Waals surface area contributed by atoms with Gasteiger partial charge < -0.3 is 10.3 Å². The van der Waals surface area contributed by atoms with E-state index in [0.717, 1.165) is 42.3 Å². The van der Waals surface area contributed by atoms with E-state index in [9.17, 15) is 0 Å². The summed E-state index contributed by atoms with van der Waals surface area (Å²) in [5, 5.41) is 12.1. The molecule has 4 rings (SSSR count). The van der Waals surface area contributed by atoms with Gasteiger partial charge in [-0.2, -0.15) is 10.1 Å². The van der Waals surface area contributed by atoms with Gasteiger partial charge in [-0.25, -0.2) is 4.98 Å². The molecule has 116 valence electrons. The van der Waals surface area contributed by atoms with Crippen LogP contribution in [0.25, 0.3) is 22.5 Å². The predicted octanol–water partition coefficient (Wildman–Crippen LogP) is 2.47. The Kier molecular flexibility index (Phi) is 3.62. The molecule has 3 heterocycles.